The molecule has 6 heteroatoms. The second-order valence-corrected chi connectivity index (χ2v) is 5.20. The van der Waals surface area contributed by atoms with Crippen LogP contribution in [0.5, 0.6) is 5.75 Å². The van der Waals surface area contributed by atoms with Crippen molar-refractivity contribution in [2.45, 2.75) is 26.4 Å². The number of carbonyl (C=O) groups excluding carboxylic acids is 1. The van der Waals surface area contributed by atoms with Gasteiger partial charge in [-0.1, -0.05) is 5.92 Å². The van der Waals surface area contributed by atoms with Crippen molar-refractivity contribution in [2.24, 2.45) is 0 Å². The van der Waals surface area contributed by atoms with Gasteiger partial charge in [0.1, 0.15) is 11.4 Å². The van der Waals surface area contributed by atoms with Gasteiger partial charge in [0, 0.05) is 17.3 Å². The van der Waals surface area contributed by atoms with E-state index in [1.54, 1.807) is 26.8 Å². The largest absolute Gasteiger partial charge is 0.482 e. The number of rotatable bonds is 4. The van der Waals surface area contributed by atoms with Crippen LogP contribution in [0.15, 0.2) is 18.2 Å². The maximum Gasteiger partial charge on any atom is 0.412 e. The monoisotopic (exact) mass is 291 g/mol. The zero-order chi connectivity index (χ0) is 16.0. The normalized spacial score (nSPS) is 10.4. The molecule has 0 saturated carbocycles. The molecule has 0 unspecified atom stereocenters. The third kappa shape index (κ3) is 6.34. The molecule has 112 valence electrons. The number of carboxylic acids is 1. The molecule has 0 fully saturated rings. The van der Waals surface area contributed by atoms with Gasteiger partial charge in [0.25, 0.3) is 0 Å². The second kappa shape index (κ2) is 6.66. The van der Waals surface area contributed by atoms with Crippen LogP contribution in [0.3, 0.4) is 0 Å². The first-order chi connectivity index (χ1) is 9.69. The van der Waals surface area contributed by atoms with Crippen molar-refractivity contribution in [1.82, 2.24) is 0 Å². The van der Waals surface area contributed by atoms with Gasteiger partial charge in [-0.2, -0.15) is 0 Å². The SMILES string of the molecule is C#Cc1cc(NC(=O)OC(C)(C)C)cc(OCC(=O)O)c1. The van der Waals surface area contributed by atoms with Gasteiger partial charge in [-0.3, -0.25) is 5.32 Å². The van der Waals surface area contributed by atoms with Crippen LogP contribution in [-0.2, 0) is 9.53 Å². The minimum atomic E-state index is -1.11. The van der Waals surface area contributed by atoms with Crippen LogP contribution in [0.2, 0.25) is 0 Å². The molecule has 2 N–H and O–H groups in total. The van der Waals surface area contributed by atoms with E-state index in [4.69, 9.17) is 21.0 Å². The minimum Gasteiger partial charge on any atom is -0.482 e. The molecule has 21 heavy (non-hydrogen) atoms. The Morgan fingerprint density at radius 1 is 1.33 bits per heavy atom. The summed E-state index contributed by atoms with van der Waals surface area (Å²) in [4.78, 5) is 22.2. The van der Waals surface area contributed by atoms with Gasteiger partial charge in [0.05, 0.1) is 0 Å². The highest BCUT2D eigenvalue weighted by atomic mass is 16.6. The number of anilines is 1. The third-order valence-corrected chi connectivity index (χ3v) is 2.08. The first-order valence-electron chi connectivity index (χ1n) is 6.16. The van der Waals surface area contributed by atoms with Crippen LogP contribution in [0.4, 0.5) is 10.5 Å². The Bertz CT molecular complexity index is 581. The van der Waals surface area contributed by atoms with Crippen molar-refractivity contribution in [3.63, 3.8) is 0 Å². The molecule has 1 aromatic rings. The topological polar surface area (TPSA) is 84.9 Å². The Balaban J connectivity index is 2.86. The van der Waals surface area contributed by atoms with Crippen molar-refractivity contribution in [1.29, 1.82) is 0 Å². The number of amides is 1. The Morgan fingerprint density at radius 2 is 2.00 bits per heavy atom. The smallest absolute Gasteiger partial charge is 0.412 e. The van der Waals surface area contributed by atoms with Gasteiger partial charge >= 0.3 is 12.1 Å². The highest BCUT2D eigenvalue weighted by Gasteiger charge is 2.16. The number of terminal acetylenes is 1. The molecule has 0 heterocycles. The van der Waals surface area contributed by atoms with E-state index in [-0.39, 0.29) is 5.75 Å². The maximum absolute atomic E-state index is 11.7. The number of carboxylic acid groups (broad SMARTS) is 1. The molecule has 0 saturated heterocycles. The zero-order valence-electron chi connectivity index (χ0n) is 12.1. The Morgan fingerprint density at radius 3 is 2.52 bits per heavy atom. The zero-order valence-corrected chi connectivity index (χ0v) is 12.1. The predicted octanol–water partition coefficient (Wildman–Crippen LogP) is 2.48. The van der Waals surface area contributed by atoms with Crippen LogP contribution in [-0.4, -0.2) is 29.4 Å². The lowest BCUT2D eigenvalue weighted by Crippen LogP contribution is -2.27. The second-order valence-electron chi connectivity index (χ2n) is 5.20. The van der Waals surface area contributed by atoms with E-state index < -0.39 is 24.3 Å². The average Bonchev–Trinajstić information content (AvgIpc) is 2.33. The highest BCUT2D eigenvalue weighted by Crippen LogP contribution is 2.21. The Hall–Kier alpha value is -2.68. The standard InChI is InChI=1S/C15H17NO5/c1-5-10-6-11(16-14(19)21-15(2,3)4)8-12(7-10)20-9-13(17)18/h1,6-8H,9H2,2-4H3,(H,16,19)(H,17,18). The lowest BCUT2D eigenvalue weighted by molar-refractivity contribution is -0.139. The predicted molar refractivity (Wildman–Crippen MR) is 77.4 cm³/mol. The first kappa shape index (κ1) is 16.4. The van der Waals surface area contributed by atoms with Gasteiger partial charge in [-0.15, -0.1) is 6.42 Å². The molecule has 0 aromatic heterocycles. The number of aliphatic carboxylic acids is 1. The molecule has 1 amide bonds. The molecular formula is C15H17NO5. The van der Waals surface area contributed by atoms with E-state index in [9.17, 15) is 9.59 Å². The lowest BCUT2D eigenvalue weighted by atomic mass is 10.2. The summed E-state index contributed by atoms with van der Waals surface area (Å²) in [5.74, 6) is 1.54. The van der Waals surface area contributed by atoms with Crippen molar-refractivity contribution in [3.05, 3.63) is 23.8 Å². The van der Waals surface area contributed by atoms with E-state index in [2.05, 4.69) is 11.2 Å². The summed E-state index contributed by atoms with van der Waals surface area (Å²) >= 11 is 0. The maximum atomic E-state index is 11.7. The van der Waals surface area contributed by atoms with Crippen LogP contribution in [0.25, 0.3) is 0 Å². The Kier molecular flexibility index (Phi) is 5.19. The van der Waals surface area contributed by atoms with E-state index in [0.29, 0.717) is 11.3 Å². The molecule has 0 aliphatic heterocycles. The van der Waals surface area contributed by atoms with Crippen LogP contribution in [0.1, 0.15) is 26.3 Å². The number of nitrogens with one attached hydrogen (secondary N) is 1. The quantitative estimate of drug-likeness (QED) is 0.832. The molecule has 1 aromatic carbocycles. The van der Waals surface area contributed by atoms with E-state index in [1.807, 2.05) is 0 Å². The Labute approximate surface area is 123 Å². The van der Waals surface area contributed by atoms with Gasteiger partial charge in [-0.25, -0.2) is 9.59 Å². The molecular weight excluding hydrogens is 274 g/mol. The van der Waals surface area contributed by atoms with E-state index in [1.165, 1.54) is 12.1 Å². The summed E-state index contributed by atoms with van der Waals surface area (Å²) in [7, 11) is 0. The number of hydrogen-bond donors (Lipinski definition) is 2. The first-order valence-corrected chi connectivity index (χ1v) is 6.16. The van der Waals surface area contributed by atoms with Crippen LogP contribution in [0, 0.1) is 12.3 Å². The fraction of sp³-hybridized carbons (Fsp3) is 0.333. The molecule has 0 radical (unpaired) electrons. The summed E-state index contributed by atoms with van der Waals surface area (Å²) in [5, 5.41) is 11.1. The average molecular weight is 291 g/mol. The molecule has 0 bridgehead atoms. The molecule has 0 aliphatic carbocycles. The van der Waals surface area contributed by atoms with E-state index in [0.717, 1.165) is 0 Å². The number of benzene rings is 1. The lowest BCUT2D eigenvalue weighted by Gasteiger charge is -2.20. The summed E-state index contributed by atoms with van der Waals surface area (Å²) < 4.78 is 10.2. The molecule has 1 rings (SSSR count). The van der Waals surface area contributed by atoms with Crippen LogP contribution >= 0.6 is 0 Å². The molecule has 0 aliphatic rings. The molecule has 0 atom stereocenters. The summed E-state index contributed by atoms with van der Waals surface area (Å²) in [6, 6.07) is 4.52. The van der Waals surface area contributed by atoms with Crippen molar-refractivity contribution >= 4 is 17.7 Å². The number of ether oxygens (including phenoxy) is 2. The van der Waals surface area contributed by atoms with Gasteiger partial charge in [0.15, 0.2) is 6.61 Å². The van der Waals surface area contributed by atoms with Crippen molar-refractivity contribution in [3.8, 4) is 18.1 Å². The third-order valence-electron chi connectivity index (χ3n) is 2.08. The van der Waals surface area contributed by atoms with E-state index >= 15 is 0 Å². The number of hydrogen-bond acceptors (Lipinski definition) is 4. The molecule has 0 spiro atoms. The molecule has 6 nitrogen and oxygen atoms in total. The highest BCUT2D eigenvalue weighted by molar-refractivity contribution is 5.85. The summed E-state index contributed by atoms with van der Waals surface area (Å²) in [5.41, 5.74) is 0.181. The van der Waals surface area contributed by atoms with Crippen LogP contribution < -0.4 is 10.1 Å². The fourth-order valence-corrected chi connectivity index (χ4v) is 1.40. The fourth-order valence-electron chi connectivity index (χ4n) is 1.40. The summed E-state index contributed by atoms with van der Waals surface area (Å²) in [6.07, 6.45) is 4.67. The van der Waals surface area contributed by atoms with Crippen molar-refractivity contribution in [2.75, 3.05) is 11.9 Å². The summed E-state index contributed by atoms with van der Waals surface area (Å²) in [6.45, 7) is 4.73. The minimum absolute atomic E-state index is 0.249. The van der Waals surface area contributed by atoms with Gasteiger partial charge in [0.2, 0.25) is 0 Å². The number of carbonyl (C=O) groups is 2. The van der Waals surface area contributed by atoms with Crippen molar-refractivity contribution < 1.29 is 24.2 Å². The van der Waals surface area contributed by atoms with Gasteiger partial charge < -0.3 is 14.6 Å². The van der Waals surface area contributed by atoms with Gasteiger partial charge in [-0.05, 0) is 32.9 Å².